The van der Waals surface area contributed by atoms with Crippen LogP contribution in [0.4, 0.5) is 0 Å². The summed E-state index contributed by atoms with van der Waals surface area (Å²) in [6.07, 6.45) is 0. The van der Waals surface area contributed by atoms with Crippen LogP contribution in [0.1, 0.15) is 0 Å². The molecule has 0 N–H and O–H groups in total. The molecule has 0 aliphatic heterocycles. The van der Waals surface area contributed by atoms with Crippen LogP contribution in [0.25, 0.3) is 11.1 Å². The Morgan fingerprint density at radius 2 is 1.61 bits per heavy atom. The molecule has 5 heteroatoms. The molecule has 0 radical (unpaired) electrons. The zero-order chi connectivity index (χ0) is 9.80. The summed E-state index contributed by atoms with van der Waals surface area (Å²) in [5, 5.41) is 0. The molecule has 0 aliphatic carbocycles. The topological polar surface area (TPSA) is 9.23 Å². The van der Waals surface area contributed by atoms with Gasteiger partial charge in [-0.25, -0.2) is 0 Å². The van der Waals surface area contributed by atoms with Gasteiger partial charge in [-0.2, -0.15) is 0 Å². The van der Waals surface area contributed by atoms with Crippen LogP contribution in [0.3, 0.4) is 0 Å². The number of rotatable bonds is 2. The third-order valence-electron chi connectivity index (χ3n) is 2.11. The third kappa shape index (κ3) is 6.51. The predicted molar refractivity (Wildman–Crippen MR) is 63.0 cm³/mol. The van der Waals surface area contributed by atoms with Gasteiger partial charge in [-0.15, -0.1) is 35.9 Å². The quantitative estimate of drug-likeness (QED) is 0.394. The van der Waals surface area contributed by atoms with Crippen LogP contribution in [0, 0.1) is 6.07 Å². The summed E-state index contributed by atoms with van der Waals surface area (Å²) >= 11 is 0. The minimum Gasteiger partial charge on any atom is -1.00 e. The molecule has 0 aromatic heterocycles. The van der Waals surface area contributed by atoms with E-state index < -0.39 is 0 Å². The van der Waals surface area contributed by atoms with Gasteiger partial charge in [0.2, 0.25) is 0 Å². The number of hydrogen-bond donors (Lipinski definition) is 0. The minimum absolute atomic E-state index is 0. The van der Waals surface area contributed by atoms with Gasteiger partial charge in [0.25, 0.3) is 0 Å². The molecule has 0 amide bonds. The van der Waals surface area contributed by atoms with Gasteiger partial charge in [0.05, 0.1) is 7.11 Å². The number of hydrogen-bond acceptors (Lipinski definition) is 1. The average Bonchev–Trinajstić information content (AvgIpc) is 2.30. The second kappa shape index (κ2) is 12.4. The summed E-state index contributed by atoms with van der Waals surface area (Å²) in [6, 6.07) is 19.1. The Kier molecular flexibility index (Phi) is 16.2. The van der Waals surface area contributed by atoms with Crippen molar-refractivity contribution in [2.75, 3.05) is 7.11 Å². The zero-order valence-electron chi connectivity index (χ0n) is 10.5. The second-order valence-corrected chi connectivity index (χ2v) is 3.00. The molecule has 1 nitrogen and oxygen atoms in total. The van der Waals surface area contributed by atoms with E-state index in [2.05, 4.69) is 6.07 Å². The minimum atomic E-state index is 0. The SMILES string of the molecule is COc1ccc(-c2[c-]cccc2)cc1.[Br-].[Cl-].[Li+].[Mg+2]. The van der Waals surface area contributed by atoms with Crippen molar-refractivity contribution in [2.24, 2.45) is 0 Å². The molecule has 0 atom stereocenters. The molecule has 2 aromatic carbocycles. The van der Waals surface area contributed by atoms with Crippen molar-refractivity contribution in [1.29, 1.82) is 0 Å². The maximum atomic E-state index is 5.09. The first-order chi connectivity index (χ1) is 6.90. The molecule has 2 rings (SSSR count). The van der Waals surface area contributed by atoms with E-state index in [1.165, 1.54) is 0 Å². The van der Waals surface area contributed by atoms with Gasteiger partial charge in [-0.1, -0.05) is 17.7 Å². The van der Waals surface area contributed by atoms with Gasteiger partial charge >= 0.3 is 41.9 Å². The first-order valence-electron chi connectivity index (χ1n) is 4.51. The van der Waals surface area contributed by atoms with Crippen molar-refractivity contribution in [3.05, 3.63) is 54.6 Å². The van der Waals surface area contributed by atoms with Gasteiger partial charge < -0.3 is 34.1 Å². The van der Waals surface area contributed by atoms with Crippen LogP contribution in [-0.2, 0) is 0 Å². The molecule has 86 valence electrons. The molecule has 0 bridgehead atoms. The van der Waals surface area contributed by atoms with E-state index in [0.717, 1.165) is 16.9 Å². The molecule has 0 saturated carbocycles. The smallest absolute Gasteiger partial charge is 1.00 e. The molecular formula is C13H11BrClLiMgO. The number of methoxy groups -OCH3 is 1. The average molecular weight is 330 g/mol. The van der Waals surface area contributed by atoms with Gasteiger partial charge in [0, 0.05) is 0 Å². The van der Waals surface area contributed by atoms with Crippen molar-refractivity contribution in [3.8, 4) is 16.9 Å². The van der Waals surface area contributed by atoms with Crippen LogP contribution >= 0.6 is 0 Å². The Bertz CT molecular complexity index is 411. The van der Waals surface area contributed by atoms with Gasteiger partial charge in [0.15, 0.2) is 0 Å². The molecule has 0 unspecified atom stereocenters. The Hall–Kier alpha value is 0.374. The molecule has 2 aromatic rings. The van der Waals surface area contributed by atoms with Gasteiger partial charge in [-0.3, -0.25) is 0 Å². The molecule has 0 fully saturated rings. The second-order valence-electron chi connectivity index (χ2n) is 3.00. The standard InChI is InChI=1S/C13H11O.BrH.ClH.Li.Mg/c1-14-13-9-7-12(8-10-13)11-5-3-2-4-6-11;;;;/h2-5,7-10H,1H3;2*1H;;/q-1;;;+1;+2/p-2. The third-order valence-corrected chi connectivity index (χ3v) is 2.11. The van der Waals surface area contributed by atoms with Crippen molar-refractivity contribution in [1.82, 2.24) is 0 Å². The molecular weight excluding hydrogens is 319 g/mol. The first kappa shape index (κ1) is 23.5. The van der Waals surface area contributed by atoms with Crippen LogP contribution in [0.15, 0.2) is 48.5 Å². The van der Waals surface area contributed by atoms with Crippen molar-refractivity contribution in [2.45, 2.75) is 0 Å². The van der Waals surface area contributed by atoms with E-state index >= 15 is 0 Å². The first-order valence-corrected chi connectivity index (χ1v) is 4.51. The van der Waals surface area contributed by atoms with E-state index in [1.54, 1.807) is 7.11 Å². The fraction of sp³-hybridized carbons (Fsp3) is 0.0769. The summed E-state index contributed by atoms with van der Waals surface area (Å²) in [5.74, 6) is 0.879. The maximum Gasteiger partial charge on any atom is 2.00 e. The number of benzene rings is 2. The Balaban J connectivity index is -0.000000562. The molecule has 0 heterocycles. The van der Waals surface area contributed by atoms with E-state index in [-0.39, 0.29) is 71.3 Å². The van der Waals surface area contributed by atoms with Crippen molar-refractivity contribution >= 4 is 23.1 Å². The molecule has 18 heavy (non-hydrogen) atoms. The molecule has 0 aliphatic rings. The predicted octanol–water partition coefficient (Wildman–Crippen LogP) is -6.21. The maximum absolute atomic E-state index is 5.09. The Morgan fingerprint density at radius 3 is 2.06 bits per heavy atom. The van der Waals surface area contributed by atoms with Crippen molar-refractivity contribution < 1.29 is 53.0 Å². The van der Waals surface area contributed by atoms with Crippen LogP contribution in [-0.4, -0.2) is 30.2 Å². The molecule has 0 spiro atoms. The van der Waals surface area contributed by atoms with Crippen LogP contribution in [0.2, 0.25) is 0 Å². The summed E-state index contributed by atoms with van der Waals surface area (Å²) in [6.45, 7) is 0. The van der Waals surface area contributed by atoms with Crippen molar-refractivity contribution in [3.63, 3.8) is 0 Å². The monoisotopic (exact) mass is 328 g/mol. The van der Waals surface area contributed by atoms with Crippen LogP contribution in [0.5, 0.6) is 5.75 Å². The van der Waals surface area contributed by atoms with E-state index in [0.29, 0.717) is 0 Å². The molecule has 0 saturated heterocycles. The van der Waals surface area contributed by atoms with Crippen LogP contribution < -0.4 is 53.0 Å². The Labute approximate surface area is 153 Å². The largest absolute Gasteiger partial charge is 2.00 e. The van der Waals surface area contributed by atoms with Gasteiger partial charge in [0.1, 0.15) is 5.75 Å². The van der Waals surface area contributed by atoms with E-state index in [1.807, 2.05) is 48.5 Å². The summed E-state index contributed by atoms with van der Waals surface area (Å²) < 4.78 is 5.09. The van der Waals surface area contributed by atoms with E-state index in [4.69, 9.17) is 4.74 Å². The number of halogens is 2. The summed E-state index contributed by atoms with van der Waals surface area (Å²) in [5.41, 5.74) is 2.27. The summed E-state index contributed by atoms with van der Waals surface area (Å²) in [4.78, 5) is 0. The fourth-order valence-corrected chi connectivity index (χ4v) is 1.34. The summed E-state index contributed by atoms with van der Waals surface area (Å²) in [7, 11) is 1.67. The number of ether oxygens (including phenoxy) is 1. The van der Waals surface area contributed by atoms with E-state index in [9.17, 15) is 0 Å². The Morgan fingerprint density at radius 1 is 1.00 bits per heavy atom. The zero-order valence-corrected chi connectivity index (χ0v) is 14.2. The normalized spacial score (nSPS) is 7.61. The van der Waals surface area contributed by atoms with Gasteiger partial charge in [-0.05, 0) is 12.1 Å². The fourth-order valence-electron chi connectivity index (χ4n) is 1.34.